The van der Waals surface area contributed by atoms with Gasteiger partial charge in [-0.1, -0.05) is 29.8 Å². The first-order valence-electron chi connectivity index (χ1n) is 7.77. The van der Waals surface area contributed by atoms with Crippen molar-refractivity contribution in [2.24, 2.45) is 0 Å². The topological polar surface area (TPSA) is 76.7 Å². The highest BCUT2D eigenvalue weighted by Crippen LogP contribution is 2.30. The zero-order chi connectivity index (χ0) is 17.8. The van der Waals surface area contributed by atoms with E-state index < -0.39 is 11.8 Å². The molecule has 1 aliphatic heterocycles. The number of hydrogen-bond acceptors (Lipinski definition) is 4. The van der Waals surface area contributed by atoms with Crippen LogP contribution in [-0.4, -0.2) is 31.1 Å². The van der Waals surface area contributed by atoms with E-state index in [0.29, 0.717) is 34.4 Å². The van der Waals surface area contributed by atoms with Crippen molar-refractivity contribution >= 4 is 29.1 Å². The summed E-state index contributed by atoms with van der Waals surface area (Å²) in [7, 11) is 0. The van der Waals surface area contributed by atoms with Gasteiger partial charge in [0.15, 0.2) is 11.5 Å². The molecule has 3 rings (SSSR count). The highest BCUT2D eigenvalue weighted by molar-refractivity contribution is 6.40. The monoisotopic (exact) mass is 360 g/mol. The summed E-state index contributed by atoms with van der Waals surface area (Å²) in [4.78, 5) is 24.0. The third-order valence-electron chi connectivity index (χ3n) is 3.78. The van der Waals surface area contributed by atoms with Crippen molar-refractivity contribution < 1.29 is 19.1 Å². The number of anilines is 1. The lowest BCUT2D eigenvalue weighted by atomic mass is 10.2. The van der Waals surface area contributed by atoms with Crippen LogP contribution in [0.15, 0.2) is 42.5 Å². The first kappa shape index (κ1) is 17.1. The molecule has 1 atom stereocenters. The van der Waals surface area contributed by atoms with Gasteiger partial charge in [0.05, 0.1) is 6.54 Å². The minimum atomic E-state index is -0.762. The van der Waals surface area contributed by atoms with Crippen LogP contribution in [0.2, 0.25) is 5.02 Å². The summed E-state index contributed by atoms with van der Waals surface area (Å²) in [6, 6.07) is 12.4. The summed E-state index contributed by atoms with van der Waals surface area (Å²) in [5.74, 6) is -0.226. The van der Waals surface area contributed by atoms with E-state index in [2.05, 4.69) is 10.6 Å². The maximum atomic E-state index is 12.0. The van der Waals surface area contributed by atoms with Crippen molar-refractivity contribution in [1.82, 2.24) is 5.32 Å². The van der Waals surface area contributed by atoms with E-state index in [1.54, 1.807) is 31.2 Å². The molecule has 2 amide bonds. The highest BCUT2D eigenvalue weighted by Gasteiger charge is 2.23. The number of para-hydroxylation sites is 2. The number of halogens is 1. The summed E-state index contributed by atoms with van der Waals surface area (Å²) in [5, 5.41) is 5.61. The third-order valence-corrected chi connectivity index (χ3v) is 4.19. The smallest absolute Gasteiger partial charge is 0.313 e. The number of nitrogens with one attached hydrogen (secondary N) is 2. The Balaban J connectivity index is 1.53. The summed E-state index contributed by atoms with van der Waals surface area (Å²) in [6.07, 6.45) is -0.362. The standard InChI is InChI=1S/C18H17ClN2O4/c1-11-13(19)5-4-6-14(11)21-18(23)17(22)20-9-12-10-24-15-7-2-3-8-16(15)25-12/h2-8,12H,9-10H2,1H3,(H,20,22)(H,21,23). The van der Waals surface area contributed by atoms with Crippen molar-refractivity contribution in [3.63, 3.8) is 0 Å². The molecular formula is C18H17ClN2O4. The number of carbonyl (C=O) groups excluding carboxylic acids is 2. The predicted molar refractivity (Wildman–Crippen MR) is 94.2 cm³/mol. The summed E-state index contributed by atoms with van der Waals surface area (Å²) in [5.41, 5.74) is 1.20. The Bertz CT molecular complexity index is 809. The Morgan fingerprint density at radius 3 is 2.68 bits per heavy atom. The zero-order valence-corrected chi connectivity index (χ0v) is 14.3. The second kappa shape index (κ2) is 7.44. The Morgan fingerprint density at radius 1 is 1.12 bits per heavy atom. The fourth-order valence-electron chi connectivity index (χ4n) is 2.37. The molecule has 130 valence electrons. The van der Waals surface area contributed by atoms with E-state index in [1.165, 1.54) is 0 Å². The van der Waals surface area contributed by atoms with Gasteiger partial charge < -0.3 is 20.1 Å². The number of ether oxygens (including phenoxy) is 2. The Hall–Kier alpha value is -2.73. The number of rotatable bonds is 3. The second-order valence-electron chi connectivity index (χ2n) is 5.57. The Labute approximate surface area is 150 Å². The number of amides is 2. The predicted octanol–water partition coefficient (Wildman–Crippen LogP) is 2.54. The molecule has 2 aromatic rings. The van der Waals surface area contributed by atoms with E-state index in [-0.39, 0.29) is 12.6 Å². The number of hydrogen-bond donors (Lipinski definition) is 2. The van der Waals surface area contributed by atoms with Gasteiger partial charge in [0.25, 0.3) is 0 Å². The van der Waals surface area contributed by atoms with Gasteiger partial charge in [0.1, 0.15) is 12.7 Å². The van der Waals surface area contributed by atoms with Crippen LogP contribution in [0.4, 0.5) is 5.69 Å². The van der Waals surface area contributed by atoms with Crippen molar-refractivity contribution in [3.8, 4) is 11.5 Å². The van der Waals surface area contributed by atoms with Crippen LogP contribution >= 0.6 is 11.6 Å². The van der Waals surface area contributed by atoms with Gasteiger partial charge >= 0.3 is 11.8 Å². The van der Waals surface area contributed by atoms with Gasteiger partial charge in [-0.3, -0.25) is 9.59 Å². The fourth-order valence-corrected chi connectivity index (χ4v) is 2.55. The van der Waals surface area contributed by atoms with Crippen LogP contribution in [-0.2, 0) is 9.59 Å². The second-order valence-corrected chi connectivity index (χ2v) is 5.98. The van der Waals surface area contributed by atoms with E-state index in [1.807, 2.05) is 18.2 Å². The van der Waals surface area contributed by atoms with Gasteiger partial charge in [-0.2, -0.15) is 0 Å². The van der Waals surface area contributed by atoms with Crippen molar-refractivity contribution in [2.75, 3.05) is 18.5 Å². The van der Waals surface area contributed by atoms with E-state index in [4.69, 9.17) is 21.1 Å². The Kier molecular flexibility index (Phi) is 5.09. The SMILES string of the molecule is Cc1c(Cl)cccc1NC(=O)C(=O)NCC1COc2ccccc2O1. The minimum Gasteiger partial charge on any atom is -0.486 e. The molecule has 25 heavy (non-hydrogen) atoms. The van der Waals surface area contributed by atoms with Gasteiger partial charge in [-0.25, -0.2) is 0 Å². The van der Waals surface area contributed by atoms with Crippen molar-refractivity contribution in [3.05, 3.63) is 53.1 Å². The molecule has 7 heteroatoms. The van der Waals surface area contributed by atoms with Crippen LogP contribution < -0.4 is 20.1 Å². The normalized spacial score (nSPS) is 15.4. The highest BCUT2D eigenvalue weighted by atomic mass is 35.5. The first-order chi connectivity index (χ1) is 12.0. The first-order valence-corrected chi connectivity index (χ1v) is 8.15. The van der Waals surface area contributed by atoms with Crippen molar-refractivity contribution in [1.29, 1.82) is 0 Å². The molecule has 2 N–H and O–H groups in total. The minimum absolute atomic E-state index is 0.162. The fraction of sp³-hybridized carbons (Fsp3) is 0.222. The molecule has 6 nitrogen and oxygen atoms in total. The zero-order valence-electron chi connectivity index (χ0n) is 13.5. The number of fused-ring (bicyclic) bond motifs is 1. The lowest BCUT2D eigenvalue weighted by Crippen LogP contribution is -2.44. The van der Waals surface area contributed by atoms with Crippen LogP contribution in [0, 0.1) is 6.92 Å². The van der Waals surface area contributed by atoms with Gasteiger partial charge in [-0.15, -0.1) is 0 Å². The van der Waals surface area contributed by atoms with E-state index in [0.717, 1.165) is 0 Å². The lowest BCUT2D eigenvalue weighted by Gasteiger charge is -2.26. The quantitative estimate of drug-likeness (QED) is 0.825. The van der Waals surface area contributed by atoms with Gasteiger partial charge in [-0.05, 0) is 36.8 Å². The summed E-state index contributed by atoms with van der Waals surface area (Å²) >= 11 is 6.00. The molecule has 2 aromatic carbocycles. The van der Waals surface area contributed by atoms with Crippen LogP contribution in [0.25, 0.3) is 0 Å². The molecule has 0 fully saturated rings. The number of carbonyl (C=O) groups is 2. The summed E-state index contributed by atoms with van der Waals surface area (Å²) in [6.45, 7) is 2.22. The van der Waals surface area contributed by atoms with E-state index >= 15 is 0 Å². The van der Waals surface area contributed by atoms with Crippen LogP contribution in [0.3, 0.4) is 0 Å². The maximum absolute atomic E-state index is 12.0. The molecule has 0 aliphatic carbocycles. The average molecular weight is 361 g/mol. The molecule has 0 spiro atoms. The maximum Gasteiger partial charge on any atom is 0.313 e. The molecule has 0 saturated carbocycles. The largest absolute Gasteiger partial charge is 0.486 e. The molecule has 0 saturated heterocycles. The Morgan fingerprint density at radius 2 is 1.88 bits per heavy atom. The van der Waals surface area contributed by atoms with Gasteiger partial charge in [0.2, 0.25) is 0 Å². The van der Waals surface area contributed by atoms with Crippen LogP contribution in [0.5, 0.6) is 11.5 Å². The third kappa shape index (κ3) is 4.03. The average Bonchev–Trinajstić information content (AvgIpc) is 2.63. The molecule has 1 heterocycles. The van der Waals surface area contributed by atoms with E-state index in [9.17, 15) is 9.59 Å². The molecule has 0 aromatic heterocycles. The summed E-state index contributed by atoms with van der Waals surface area (Å²) < 4.78 is 11.3. The lowest BCUT2D eigenvalue weighted by molar-refractivity contribution is -0.136. The number of benzene rings is 2. The molecule has 0 radical (unpaired) electrons. The van der Waals surface area contributed by atoms with Gasteiger partial charge in [0, 0.05) is 10.7 Å². The molecule has 0 bridgehead atoms. The molecule has 1 unspecified atom stereocenters. The van der Waals surface area contributed by atoms with Crippen LogP contribution in [0.1, 0.15) is 5.56 Å². The molecular weight excluding hydrogens is 344 g/mol. The van der Waals surface area contributed by atoms with Crippen molar-refractivity contribution in [2.45, 2.75) is 13.0 Å². The molecule has 1 aliphatic rings.